The Morgan fingerprint density at radius 2 is 1.65 bits per heavy atom. The summed E-state index contributed by atoms with van der Waals surface area (Å²) in [6.45, 7) is 5.93. The predicted octanol–water partition coefficient (Wildman–Crippen LogP) is 6.17. The molecule has 1 saturated carbocycles. The fraction of sp³-hybridized carbons (Fsp3) is 0.562. The molecule has 1 aliphatic carbocycles. The summed E-state index contributed by atoms with van der Waals surface area (Å²) in [7, 11) is 0. The van der Waals surface area contributed by atoms with E-state index < -0.39 is 11.4 Å². The minimum Gasteiger partial charge on any atom is -0.505 e. The number of rotatable bonds is 3. The summed E-state index contributed by atoms with van der Waals surface area (Å²) in [5.41, 5.74) is -1.04. The van der Waals surface area contributed by atoms with Gasteiger partial charge in [-0.15, -0.1) is 0 Å². The Hall–Kier alpha value is -0.350. The number of ether oxygens (including phenoxy) is 1. The van der Waals surface area contributed by atoms with Crippen molar-refractivity contribution in [3.8, 4) is 11.5 Å². The van der Waals surface area contributed by atoms with Crippen LogP contribution in [-0.2, 0) is 4.79 Å². The average Bonchev–Trinajstić information content (AvgIpc) is 2.50. The van der Waals surface area contributed by atoms with Gasteiger partial charge in [-0.2, -0.15) is 0 Å². The van der Waals surface area contributed by atoms with E-state index in [-0.39, 0.29) is 31.6 Å². The highest BCUT2D eigenvalue weighted by Gasteiger charge is 2.42. The van der Waals surface area contributed by atoms with Crippen LogP contribution in [0.3, 0.4) is 0 Å². The number of phenolic OH excluding ortho intramolecular Hbond substituents is 1. The lowest BCUT2D eigenvalue weighted by Crippen LogP contribution is -2.46. The molecule has 1 aromatic rings. The van der Waals surface area contributed by atoms with Gasteiger partial charge in [0.25, 0.3) is 0 Å². The van der Waals surface area contributed by atoms with Crippen molar-refractivity contribution in [1.82, 2.24) is 0 Å². The molecule has 1 aromatic carbocycles. The number of carbonyl (C=O) groups is 1. The molecule has 2 unspecified atom stereocenters. The molecule has 3 nitrogen and oxygen atoms in total. The largest absolute Gasteiger partial charge is 0.505 e. The van der Waals surface area contributed by atoms with E-state index in [2.05, 4.69) is 13.8 Å². The van der Waals surface area contributed by atoms with Crippen LogP contribution in [0.2, 0.25) is 20.1 Å². The monoisotopic (exact) mass is 398 g/mol. The Morgan fingerprint density at radius 1 is 1.13 bits per heavy atom. The maximum Gasteiger partial charge on any atom is 0.176 e. The fourth-order valence-electron chi connectivity index (χ4n) is 2.75. The maximum absolute atomic E-state index is 12.6. The molecule has 2 rings (SSSR count). The average molecular weight is 400 g/mol. The van der Waals surface area contributed by atoms with Crippen molar-refractivity contribution in [2.45, 2.75) is 45.6 Å². The van der Waals surface area contributed by atoms with Gasteiger partial charge in [0, 0.05) is 6.42 Å². The molecule has 0 radical (unpaired) electrons. The number of phenols is 1. The first-order valence-electron chi connectivity index (χ1n) is 7.35. The molecular formula is C16H18Cl4O3. The van der Waals surface area contributed by atoms with Crippen molar-refractivity contribution < 1.29 is 14.6 Å². The molecule has 0 aromatic heterocycles. The second kappa shape index (κ2) is 6.87. The third-order valence-electron chi connectivity index (χ3n) is 4.50. The molecule has 0 aliphatic heterocycles. The van der Waals surface area contributed by atoms with Crippen LogP contribution in [0.1, 0.15) is 40.0 Å². The summed E-state index contributed by atoms with van der Waals surface area (Å²) < 4.78 is 5.87. The first-order valence-corrected chi connectivity index (χ1v) is 8.87. The zero-order valence-corrected chi connectivity index (χ0v) is 16.1. The maximum atomic E-state index is 12.6. The van der Waals surface area contributed by atoms with Gasteiger partial charge in [-0.05, 0) is 31.6 Å². The molecule has 2 atom stereocenters. The highest BCUT2D eigenvalue weighted by molar-refractivity contribution is 6.50. The zero-order chi connectivity index (χ0) is 17.5. The van der Waals surface area contributed by atoms with Crippen molar-refractivity contribution in [2.24, 2.45) is 11.8 Å². The summed E-state index contributed by atoms with van der Waals surface area (Å²) in [6, 6.07) is 0. The Kier molecular flexibility index (Phi) is 5.67. The van der Waals surface area contributed by atoms with Gasteiger partial charge >= 0.3 is 0 Å². The Balaban J connectivity index is 2.34. The van der Waals surface area contributed by atoms with Crippen LogP contribution in [0, 0.1) is 11.8 Å². The van der Waals surface area contributed by atoms with Gasteiger partial charge in [-0.1, -0.05) is 60.3 Å². The molecule has 7 heteroatoms. The van der Waals surface area contributed by atoms with Gasteiger partial charge < -0.3 is 9.84 Å². The lowest BCUT2D eigenvalue weighted by Gasteiger charge is -2.38. The smallest absolute Gasteiger partial charge is 0.176 e. The lowest BCUT2D eigenvalue weighted by atomic mass is 9.74. The van der Waals surface area contributed by atoms with E-state index in [1.807, 2.05) is 0 Å². The molecular weight excluding hydrogens is 382 g/mol. The second-order valence-electron chi connectivity index (χ2n) is 6.44. The molecule has 0 spiro atoms. The third kappa shape index (κ3) is 3.53. The van der Waals surface area contributed by atoms with Crippen molar-refractivity contribution >= 4 is 52.2 Å². The van der Waals surface area contributed by atoms with Gasteiger partial charge in [0.15, 0.2) is 22.9 Å². The fourth-order valence-corrected chi connectivity index (χ4v) is 3.65. The normalized spacial score (nSPS) is 25.0. The number of hydrogen-bond donors (Lipinski definition) is 1. The summed E-state index contributed by atoms with van der Waals surface area (Å²) in [5, 5.41) is 9.34. The highest BCUT2D eigenvalue weighted by Crippen LogP contribution is 2.51. The molecule has 0 bridgehead atoms. The summed E-state index contributed by atoms with van der Waals surface area (Å²) in [5.74, 6) is 0.399. The van der Waals surface area contributed by atoms with Crippen LogP contribution < -0.4 is 4.74 Å². The number of carbonyl (C=O) groups excluding carboxylic acids is 1. The summed E-state index contributed by atoms with van der Waals surface area (Å²) in [4.78, 5) is 12.6. The molecule has 128 valence electrons. The van der Waals surface area contributed by atoms with Crippen molar-refractivity contribution in [3.05, 3.63) is 20.1 Å². The molecule has 1 aliphatic rings. The minimum atomic E-state index is -1.04. The van der Waals surface area contributed by atoms with E-state index in [9.17, 15) is 9.90 Å². The Morgan fingerprint density at radius 3 is 2.09 bits per heavy atom. The Labute approximate surface area is 155 Å². The molecule has 1 N–H and O–H groups in total. The SMILES string of the molecule is CC(C)C1CCC(C)(Oc2c(Cl)c(Cl)c(O)c(Cl)c2Cl)C(=O)C1. The summed E-state index contributed by atoms with van der Waals surface area (Å²) in [6.07, 6.45) is 1.87. The first kappa shape index (κ1) is 19.0. The minimum absolute atomic E-state index is 0.00472. The molecule has 1 fully saturated rings. The molecule has 0 heterocycles. The number of ketones is 1. The van der Waals surface area contributed by atoms with E-state index in [1.165, 1.54) is 0 Å². The van der Waals surface area contributed by atoms with E-state index in [0.717, 1.165) is 6.42 Å². The first-order chi connectivity index (χ1) is 10.6. The zero-order valence-electron chi connectivity index (χ0n) is 13.1. The van der Waals surface area contributed by atoms with E-state index in [0.29, 0.717) is 24.7 Å². The van der Waals surface area contributed by atoms with Crippen molar-refractivity contribution in [2.75, 3.05) is 0 Å². The standard InChI is InChI=1S/C16H18Cl4O3/c1-7(2)8-4-5-16(3,9(21)6-8)23-15-12(19)10(17)14(22)11(18)13(15)20/h7-8,22H,4-6H2,1-3H3. The van der Waals surface area contributed by atoms with Crippen LogP contribution in [0.4, 0.5) is 0 Å². The van der Waals surface area contributed by atoms with E-state index in [4.69, 9.17) is 51.1 Å². The summed E-state index contributed by atoms with van der Waals surface area (Å²) >= 11 is 24.1. The van der Waals surface area contributed by atoms with E-state index >= 15 is 0 Å². The number of benzene rings is 1. The van der Waals surface area contributed by atoms with Gasteiger partial charge in [0.1, 0.15) is 20.1 Å². The van der Waals surface area contributed by atoms with Crippen LogP contribution >= 0.6 is 46.4 Å². The highest BCUT2D eigenvalue weighted by atomic mass is 35.5. The van der Waals surface area contributed by atoms with Crippen molar-refractivity contribution in [1.29, 1.82) is 0 Å². The number of aromatic hydroxyl groups is 1. The quantitative estimate of drug-likeness (QED) is 0.618. The molecule has 0 saturated heterocycles. The van der Waals surface area contributed by atoms with Crippen LogP contribution in [0.15, 0.2) is 0 Å². The third-order valence-corrected chi connectivity index (χ3v) is 6.15. The number of halogens is 4. The van der Waals surface area contributed by atoms with Crippen LogP contribution in [-0.4, -0.2) is 16.5 Å². The molecule has 0 amide bonds. The molecule has 23 heavy (non-hydrogen) atoms. The van der Waals surface area contributed by atoms with Crippen molar-refractivity contribution in [3.63, 3.8) is 0 Å². The van der Waals surface area contributed by atoms with Crippen LogP contribution in [0.5, 0.6) is 11.5 Å². The van der Waals surface area contributed by atoms with Gasteiger partial charge in [0.05, 0.1) is 0 Å². The Bertz CT molecular complexity index is 616. The van der Waals surface area contributed by atoms with E-state index in [1.54, 1.807) is 6.92 Å². The van der Waals surface area contributed by atoms with Gasteiger partial charge in [-0.3, -0.25) is 4.79 Å². The topological polar surface area (TPSA) is 46.5 Å². The predicted molar refractivity (Wildman–Crippen MR) is 94.4 cm³/mol. The van der Waals surface area contributed by atoms with Crippen LogP contribution in [0.25, 0.3) is 0 Å². The number of Topliss-reactive ketones (excluding diaryl/α,β-unsaturated/α-hetero) is 1. The number of hydrogen-bond acceptors (Lipinski definition) is 3. The lowest BCUT2D eigenvalue weighted by molar-refractivity contribution is -0.138. The van der Waals surface area contributed by atoms with Gasteiger partial charge in [-0.25, -0.2) is 0 Å². The second-order valence-corrected chi connectivity index (χ2v) is 7.95. The van der Waals surface area contributed by atoms with Gasteiger partial charge in [0.2, 0.25) is 0 Å².